The lowest BCUT2D eigenvalue weighted by Gasteiger charge is -2.22. The molecule has 2 N–H and O–H groups in total. The first-order chi connectivity index (χ1) is 10.8. The molecule has 0 spiro atoms. The van der Waals surface area contributed by atoms with E-state index < -0.39 is 0 Å². The van der Waals surface area contributed by atoms with Crippen molar-refractivity contribution in [3.63, 3.8) is 0 Å². The van der Waals surface area contributed by atoms with E-state index in [1.807, 2.05) is 4.68 Å². The molecule has 1 aromatic heterocycles. The van der Waals surface area contributed by atoms with Crippen LogP contribution < -0.4 is 10.6 Å². The molecule has 1 saturated heterocycles. The molecule has 7 heteroatoms. The zero-order valence-corrected chi connectivity index (χ0v) is 13.0. The number of carbonyl (C=O) groups is 1. The fourth-order valence-electron chi connectivity index (χ4n) is 2.63. The predicted octanol–water partition coefficient (Wildman–Crippen LogP) is 0.749. The van der Waals surface area contributed by atoms with Crippen molar-refractivity contribution in [2.45, 2.75) is 38.1 Å². The van der Waals surface area contributed by atoms with Gasteiger partial charge in [-0.1, -0.05) is 5.21 Å². The van der Waals surface area contributed by atoms with Gasteiger partial charge in [0.1, 0.15) is 0 Å². The second kappa shape index (κ2) is 7.69. The zero-order valence-electron chi connectivity index (χ0n) is 13.0. The molecule has 1 saturated carbocycles. The van der Waals surface area contributed by atoms with Gasteiger partial charge in [-0.2, -0.15) is 0 Å². The van der Waals surface area contributed by atoms with Crippen molar-refractivity contribution in [2.75, 3.05) is 32.8 Å². The molecule has 122 valence electrons. The Bertz CT molecular complexity index is 480. The second-order valence-electron chi connectivity index (χ2n) is 6.19. The van der Waals surface area contributed by atoms with Crippen LogP contribution in [0, 0.1) is 5.92 Å². The van der Waals surface area contributed by atoms with Gasteiger partial charge in [0.2, 0.25) is 0 Å². The molecule has 1 amide bonds. The number of nitrogens with one attached hydrogen (secondary N) is 2. The normalized spacial score (nSPS) is 19.3. The van der Waals surface area contributed by atoms with Crippen LogP contribution in [0.2, 0.25) is 0 Å². The Hall–Kier alpha value is -1.47. The monoisotopic (exact) mass is 307 g/mol. The van der Waals surface area contributed by atoms with Gasteiger partial charge < -0.3 is 15.4 Å². The minimum absolute atomic E-state index is 0.151. The Morgan fingerprint density at radius 3 is 2.95 bits per heavy atom. The Kier molecular flexibility index (Phi) is 5.39. The highest BCUT2D eigenvalue weighted by atomic mass is 16.5. The van der Waals surface area contributed by atoms with Gasteiger partial charge >= 0.3 is 0 Å². The minimum Gasteiger partial charge on any atom is -0.381 e. The molecule has 2 fully saturated rings. The molecule has 0 radical (unpaired) electrons. The van der Waals surface area contributed by atoms with Crippen molar-refractivity contribution in [3.8, 4) is 0 Å². The first-order valence-corrected chi connectivity index (χ1v) is 8.31. The molecule has 0 aromatic carbocycles. The lowest BCUT2D eigenvalue weighted by Crippen LogP contribution is -2.29. The highest BCUT2D eigenvalue weighted by Crippen LogP contribution is 2.28. The third kappa shape index (κ3) is 4.51. The SMILES string of the molecule is O=C(NCCCOCC1CC1)c1cn(C2CCNCC2)nn1. The van der Waals surface area contributed by atoms with Gasteiger partial charge in [0.05, 0.1) is 12.2 Å². The molecule has 2 aliphatic rings. The summed E-state index contributed by atoms with van der Waals surface area (Å²) in [5.74, 6) is 0.641. The molecule has 22 heavy (non-hydrogen) atoms. The van der Waals surface area contributed by atoms with Gasteiger partial charge in [-0.15, -0.1) is 5.10 Å². The quantitative estimate of drug-likeness (QED) is 0.693. The largest absolute Gasteiger partial charge is 0.381 e. The van der Waals surface area contributed by atoms with Gasteiger partial charge in [-0.3, -0.25) is 4.79 Å². The second-order valence-corrected chi connectivity index (χ2v) is 6.19. The summed E-state index contributed by atoms with van der Waals surface area (Å²) in [5.41, 5.74) is 0.400. The van der Waals surface area contributed by atoms with E-state index in [9.17, 15) is 4.79 Å². The lowest BCUT2D eigenvalue weighted by molar-refractivity contribution is 0.0932. The van der Waals surface area contributed by atoms with Gasteiger partial charge in [0.15, 0.2) is 5.69 Å². The van der Waals surface area contributed by atoms with Crippen molar-refractivity contribution in [3.05, 3.63) is 11.9 Å². The molecule has 2 heterocycles. The van der Waals surface area contributed by atoms with Crippen LogP contribution in [0.25, 0.3) is 0 Å². The van der Waals surface area contributed by atoms with Gasteiger partial charge in [-0.05, 0) is 51.1 Å². The molecule has 0 bridgehead atoms. The maximum Gasteiger partial charge on any atom is 0.273 e. The van der Waals surface area contributed by atoms with E-state index in [1.165, 1.54) is 12.8 Å². The van der Waals surface area contributed by atoms with Gasteiger partial charge in [-0.25, -0.2) is 4.68 Å². The molecular formula is C15H25N5O2. The fraction of sp³-hybridized carbons (Fsp3) is 0.800. The number of ether oxygens (including phenoxy) is 1. The smallest absolute Gasteiger partial charge is 0.273 e. The topological polar surface area (TPSA) is 81.1 Å². The Balaban J connectivity index is 1.35. The summed E-state index contributed by atoms with van der Waals surface area (Å²) in [5, 5.41) is 14.3. The lowest BCUT2D eigenvalue weighted by atomic mass is 10.1. The maximum absolute atomic E-state index is 12.0. The third-order valence-electron chi connectivity index (χ3n) is 4.23. The summed E-state index contributed by atoms with van der Waals surface area (Å²) in [4.78, 5) is 12.0. The summed E-state index contributed by atoms with van der Waals surface area (Å²) < 4.78 is 7.37. The van der Waals surface area contributed by atoms with E-state index in [4.69, 9.17) is 4.74 Å². The first kappa shape index (κ1) is 15.4. The Morgan fingerprint density at radius 2 is 2.18 bits per heavy atom. The number of aromatic nitrogens is 3. The number of piperidine rings is 1. The zero-order chi connectivity index (χ0) is 15.2. The van der Waals surface area contributed by atoms with Crippen LogP contribution in [0.5, 0.6) is 0 Å². The van der Waals surface area contributed by atoms with Crippen molar-refractivity contribution in [2.24, 2.45) is 5.92 Å². The summed E-state index contributed by atoms with van der Waals surface area (Å²) >= 11 is 0. The van der Waals surface area contributed by atoms with E-state index in [0.717, 1.165) is 44.9 Å². The van der Waals surface area contributed by atoms with Gasteiger partial charge in [0, 0.05) is 19.8 Å². The highest BCUT2D eigenvalue weighted by Gasteiger charge is 2.21. The van der Waals surface area contributed by atoms with E-state index in [-0.39, 0.29) is 5.91 Å². The molecular weight excluding hydrogens is 282 g/mol. The number of hydrogen-bond acceptors (Lipinski definition) is 5. The predicted molar refractivity (Wildman–Crippen MR) is 81.7 cm³/mol. The first-order valence-electron chi connectivity index (χ1n) is 8.31. The highest BCUT2D eigenvalue weighted by molar-refractivity contribution is 5.91. The van der Waals surface area contributed by atoms with Crippen molar-refractivity contribution >= 4 is 5.91 Å². The van der Waals surface area contributed by atoms with Crippen LogP contribution in [-0.4, -0.2) is 53.7 Å². The van der Waals surface area contributed by atoms with E-state index in [2.05, 4.69) is 20.9 Å². The van der Waals surface area contributed by atoms with E-state index in [0.29, 0.717) is 24.9 Å². The standard InChI is InChI=1S/C15H25N5O2/c21-15(17-6-1-9-22-11-12-2-3-12)14-10-20(19-18-14)13-4-7-16-8-5-13/h10,12-13,16H,1-9,11H2,(H,17,21). The summed E-state index contributed by atoms with van der Waals surface area (Å²) in [6.45, 7) is 4.18. The maximum atomic E-state index is 12.0. The number of hydrogen-bond donors (Lipinski definition) is 2. The number of amides is 1. The van der Waals surface area contributed by atoms with Crippen molar-refractivity contribution in [1.29, 1.82) is 0 Å². The summed E-state index contributed by atoms with van der Waals surface area (Å²) in [6, 6.07) is 0.353. The molecule has 1 aliphatic carbocycles. The van der Waals surface area contributed by atoms with Crippen LogP contribution in [0.3, 0.4) is 0 Å². The summed E-state index contributed by atoms with van der Waals surface area (Å²) in [7, 11) is 0. The molecule has 1 aliphatic heterocycles. The molecule has 3 rings (SSSR count). The van der Waals surface area contributed by atoms with Crippen LogP contribution in [0.1, 0.15) is 48.6 Å². The Labute approximate surface area is 130 Å². The average molecular weight is 307 g/mol. The third-order valence-corrected chi connectivity index (χ3v) is 4.23. The number of carbonyl (C=O) groups excluding carboxylic acids is 1. The van der Waals surface area contributed by atoms with Crippen LogP contribution >= 0.6 is 0 Å². The van der Waals surface area contributed by atoms with Crippen molar-refractivity contribution in [1.82, 2.24) is 25.6 Å². The molecule has 1 aromatic rings. The van der Waals surface area contributed by atoms with Crippen LogP contribution in [0.4, 0.5) is 0 Å². The number of nitrogens with zero attached hydrogens (tertiary/aromatic N) is 3. The van der Waals surface area contributed by atoms with Gasteiger partial charge in [0.25, 0.3) is 5.91 Å². The Morgan fingerprint density at radius 1 is 1.36 bits per heavy atom. The number of rotatable bonds is 8. The van der Waals surface area contributed by atoms with Crippen molar-refractivity contribution < 1.29 is 9.53 Å². The van der Waals surface area contributed by atoms with Crippen LogP contribution in [0.15, 0.2) is 6.20 Å². The molecule has 0 atom stereocenters. The summed E-state index contributed by atoms with van der Waals surface area (Å²) in [6.07, 6.45) is 7.27. The minimum atomic E-state index is -0.151. The molecule has 7 nitrogen and oxygen atoms in total. The van der Waals surface area contributed by atoms with E-state index in [1.54, 1.807) is 6.20 Å². The van der Waals surface area contributed by atoms with E-state index >= 15 is 0 Å². The van der Waals surface area contributed by atoms with Crippen LogP contribution in [-0.2, 0) is 4.74 Å². The molecule has 0 unspecified atom stereocenters. The fourth-order valence-corrected chi connectivity index (χ4v) is 2.63. The average Bonchev–Trinajstić information content (AvgIpc) is 3.24.